The normalized spacial score (nSPS) is 21.3. The minimum atomic E-state index is -3.32. The molecule has 2 atom stereocenters. The van der Waals surface area contributed by atoms with Gasteiger partial charge in [0.2, 0.25) is 10.0 Å². The lowest BCUT2D eigenvalue weighted by Gasteiger charge is -2.24. The van der Waals surface area contributed by atoms with Crippen molar-refractivity contribution in [2.75, 3.05) is 19.3 Å². The second-order valence-corrected chi connectivity index (χ2v) is 6.94. The van der Waals surface area contributed by atoms with Crippen LogP contribution in [0.1, 0.15) is 18.0 Å². The largest absolute Gasteiger partial charge is 0.480 e. The summed E-state index contributed by atoms with van der Waals surface area (Å²) in [4.78, 5) is 13.2. The zero-order valence-electron chi connectivity index (χ0n) is 11.5. The Hall–Kier alpha value is -1.51. The molecule has 1 heterocycles. The predicted molar refractivity (Wildman–Crippen MR) is 74.7 cm³/mol. The summed E-state index contributed by atoms with van der Waals surface area (Å²) < 4.78 is 37.9. The second kappa shape index (κ2) is 6.08. The van der Waals surface area contributed by atoms with E-state index in [9.17, 15) is 22.7 Å². The second-order valence-electron chi connectivity index (χ2n) is 5.16. The lowest BCUT2D eigenvalue weighted by Crippen LogP contribution is -2.38. The fourth-order valence-electron chi connectivity index (χ4n) is 2.58. The number of nitrogens with one attached hydrogen (secondary N) is 1. The molecule has 116 valence electrons. The lowest BCUT2D eigenvalue weighted by atomic mass is 10.1. The van der Waals surface area contributed by atoms with Crippen LogP contribution in [0.25, 0.3) is 0 Å². The van der Waals surface area contributed by atoms with E-state index in [4.69, 9.17) is 0 Å². The Labute approximate surface area is 122 Å². The van der Waals surface area contributed by atoms with Crippen LogP contribution in [0.3, 0.4) is 0 Å². The minimum absolute atomic E-state index is 0.303. The molecule has 21 heavy (non-hydrogen) atoms. The fourth-order valence-corrected chi connectivity index (χ4v) is 3.37. The molecule has 0 spiro atoms. The Kier molecular flexibility index (Phi) is 4.60. The van der Waals surface area contributed by atoms with Gasteiger partial charge in [-0.15, -0.1) is 0 Å². The highest BCUT2D eigenvalue weighted by molar-refractivity contribution is 7.88. The van der Waals surface area contributed by atoms with E-state index in [1.165, 1.54) is 24.3 Å². The molecule has 0 aromatic heterocycles. The van der Waals surface area contributed by atoms with Crippen LogP contribution in [0, 0.1) is 5.82 Å². The zero-order valence-corrected chi connectivity index (χ0v) is 12.3. The number of nitrogens with zero attached hydrogens (tertiary/aromatic N) is 1. The molecule has 6 nitrogen and oxygen atoms in total. The number of hydrogen-bond donors (Lipinski definition) is 2. The molecule has 1 aliphatic rings. The third-order valence-electron chi connectivity index (χ3n) is 3.39. The molecule has 0 radical (unpaired) electrons. The van der Waals surface area contributed by atoms with Crippen molar-refractivity contribution < 1.29 is 22.7 Å². The number of carbonyl (C=O) groups is 1. The Morgan fingerprint density at radius 2 is 2.05 bits per heavy atom. The quantitative estimate of drug-likeness (QED) is 0.829. The van der Waals surface area contributed by atoms with E-state index in [1.54, 1.807) is 4.90 Å². The summed E-state index contributed by atoms with van der Waals surface area (Å²) in [5, 5.41) is 9.40. The topological polar surface area (TPSA) is 86.7 Å². The Balaban J connectivity index is 2.14. The predicted octanol–water partition coefficient (Wildman–Crippen LogP) is 0.575. The van der Waals surface area contributed by atoms with Gasteiger partial charge in [-0.1, -0.05) is 12.1 Å². The van der Waals surface area contributed by atoms with E-state index in [0.29, 0.717) is 25.1 Å². The number of aliphatic carboxylic acids is 1. The van der Waals surface area contributed by atoms with Crippen molar-refractivity contribution in [2.24, 2.45) is 0 Å². The first-order chi connectivity index (χ1) is 9.76. The number of carboxylic acids is 1. The van der Waals surface area contributed by atoms with Gasteiger partial charge in [-0.05, 0) is 24.1 Å². The summed E-state index contributed by atoms with van der Waals surface area (Å²) in [6, 6.07) is 4.09. The van der Waals surface area contributed by atoms with E-state index < -0.39 is 27.9 Å². The van der Waals surface area contributed by atoms with Crippen molar-refractivity contribution >= 4 is 16.0 Å². The molecule has 1 fully saturated rings. The highest BCUT2D eigenvalue weighted by atomic mass is 32.2. The Bertz CT molecular complexity index is 618. The van der Waals surface area contributed by atoms with Gasteiger partial charge in [0.25, 0.3) is 0 Å². The van der Waals surface area contributed by atoms with Crippen LogP contribution < -0.4 is 4.72 Å². The summed E-state index contributed by atoms with van der Waals surface area (Å²) in [6.07, 6.45) is 1.61. The number of likely N-dealkylation sites (tertiary alicyclic amines) is 1. The molecule has 1 aliphatic heterocycles. The molecule has 1 aromatic rings. The van der Waals surface area contributed by atoms with Gasteiger partial charge in [0.15, 0.2) is 0 Å². The van der Waals surface area contributed by atoms with E-state index in [1.807, 2.05) is 0 Å². The molecule has 2 unspecified atom stereocenters. The van der Waals surface area contributed by atoms with E-state index >= 15 is 0 Å². The van der Waals surface area contributed by atoms with Crippen molar-refractivity contribution in [2.45, 2.75) is 18.5 Å². The first kappa shape index (κ1) is 15.9. The van der Waals surface area contributed by atoms with E-state index in [-0.39, 0.29) is 6.04 Å². The molecule has 1 saturated heterocycles. The van der Waals surface area contributed by atoms with Crippen molar-refractivity contribution in [3.05, 3.63) is 35.6 Å². The van der Waals surface area contributed by atoms with E-state index in [2.05, 4.69) is 4.72 Å². The number of rotatable bonds is 5. The summed E-state index contributed by atoms with van der Waals surface area (Å²) in [6.45, 7) is 0.767. The van der Waals surface area contributed by atoms with Gasteiger partial charge < -0.3 is 5.11 Å². The number of benzene rings is 1. The van der Waals surface area contributed by atoms with Gasteiger partial charge in [0.05, 0.1) is 6.26 Å². The third kappa shape index (κ3) is 4.23. The van der Waals surface area contributed by atoms with Gasteiger partial charge in [0, 0.05) is 19.1 Å². The summed E-state index contributed by atoms with van der Waals surface area (Å²) in [5.74, 6) is -1.47. The number of sulfonamides is 1. The van der Waals surface area contributed by atoms with Gasteiger partial charge in [-0.2, -0.15) is 0 Å². The van der Waals surface area contributed by atoms with Gasteiger partial charge in [-0.3, -0.25) is 9.69 Å². The molecular formula is C13H17FN2O4S. The SMILES string of the molecule is CS(=O)(=O)NC1CCN(C(C(=O)O)c2ccc(F)cc2)C1. The van der Waals surface area contributed by atoms with Gasteiger partial charge >= 0.3 is 5.97 Å². The van der Waals surface area contributed by atoms with Gasteiger partial charge in [-0.25, -0.2) is 17.5 Å². The van der Waals surface area contributed by atoms with Crippen LogP contribution in [-0.4, -0.2) is 49.8 Å². The van der Waals surface area contributed by atoms with Crippen molar-refractivity contribution in [1.29, 1.82) is 0 Å². The maximum Gasteiger partial charge on any atom is 0.325 e. The molecule has 0 amide bonds. The fraction of sp³-hybridized carbons (Fsp3) is 0.462. The van der Waals surface area contributed by atoms with Crippen LogP contribution in [0.2, 0.25) is 0 Å². The summed E-state index contributed by atoms with van der Waals surface area (Å²) >= 11 is 0. The molecule has 2 N–H and O–H groups in total. The molecule has 2 rings (SSSR count). The molecular weight excluding hydrogens is 299 g/mol. The highest BCUT2D eigenvalue weighted by Gasteiger charge is 2.34. The van der Waals surface area contributed by atoms with Crippen LogP contribution in [0.4, 0.5) is 4.39 Å². The van der Waals surface area contributed by atoms with Crippen molar-refractivity contribution in [3.63, 3.8) is 0 Å². The Morgan fingerprint density at radius 1 is 1.43 bits per heavy atom. The molecule has 0 aliphatic carbocycles. The smallest absolute Gasteiger partial charge is 0.325 e. The highest BCUT2D eigenvalue weighted by Crippen LogP contribution is 2.26. The minimum Gasteiger partial charge on any atom is -0.480 e. The standard InChI is InChI=1S/C13H17FN2O4S/c1-21(19,20)15-11-6-7-16(8-11)12(13(17)18)9-2-4-10(14)5-3-9/h2-5,11-12,15H,6-8H2,1H3,(H,17,18). The average molecular weight is 316 g/mol. The molecule has 8 heteroatoms. The molecule has 0 saturated carbocycles. The third-order valence-corrected chi connectivity index (χ3v) is 4.15. The number of carboxylic acid groups (broad SMARTS) is 1. The zero-order chi connectivity index (χ0) is 15.6. The average Bonchev–Trinajstić information content (AvgIpc) is 2.77. The van der Waals surface area contributed by atoms with Crippen LogP contribution in [-0.2, 0) is 14.8 Å². The monoisotopic (exact) mass is 316 g/mol. The van der Waals surface area contributed by atoms with Gasteiger partial charge in [0.1, 0.15) is 11.9 Å². The maximum atomic E-state index is 12.9. The number of halogens is 1. The van der Waals surface area contributed by atoms with Crippen LogP contribution >= 0.6 is 0 Å². The first-order valence-electron chi connectivity index (χ1n) is 6.46. The van der Waals surface area contributed by atoms with Crippen LogP contribution in [0.5, 0.6) is 0 Å². The van der Waals surface area contributed by atoms with Crippen LogP contribution in [0.15, 0.2) is 24.3 Å². The number of hydrogen-bond acceptors (Lipinski definition) is 4. The van der Waals surface area contributed by atoms with E-state index in [0.717, 1.165) is 6.26 Å². The van der Waals surface area contributed by atoms with Crippen molar-refractivity contribution in [1.82, 2.24) is 9.62 Å². The summed E-state index contributed by atoms with van der Waals surface area (Å²) in [7, 11) is -3.32. The first-order valence-corrected chi connectivity index (χ1v) is 8.35. The maximum absolute atomic E-state index is 12.9. The molecule has 1 aromatic carbocycles. The Morgan fingerprint density at radius 3 is 2.57 bits per heavy atom. The molecule has 0 bridgehead atoms. The van der Waals surface area contributed by atoms with Crippen molar-refractivity contribution in [3.8, 4) is 0 Å². The lowest BCUT2D eigenvalue weighted by molar-refractivity contribution is -0.143. The summed E-state index contributed by atoms with van der Waals surface area (Å²) in [5.41, 5.74) is 0.476.